The van der Waals surface area contributed by atoms with Gasteiger partial charge in [0.15, 0.2) is 11.6 Å². The van der Waals surface area contributed by atoms with Crippen molar-refractivity contribution in [3.8, 4) is 16.9 Å². The van der Waals surface area contributed by atoms with E-state index in [1.165, 1.54) is 12.1 Å². The molecule has 5 aliphatic heterocycles. The van der Waals surface area contributed by atoms with Crippen LogP contribution in [0.15, 0.2) is 55.0 Å². The average Bonchev–Trinajstić information content (AvgIpc) is 3.77. The SMILES string of the molecule is C[C@@H](Oc1cc(-c2cnn(C3CCC(CN4CC5CC(C4)N5c4ccc5c(c4)C(=O)N(C4CCC(=O)NC4=O)C5=O)CC3)c2)cnc1N)c1c(Cl)ccc(F)c1Cl. The number of rotatable bonds is 9. The molecule has 1 saturated carbocycles. The first-order chi connectivity index (χ1) is 27.4. The number of pyridine rings is 1. The molecule has 0 spiro atoms. The van der Waals surface area contributed by atoms with Gasteiger partial charge in [0.2, 0.25) is 11.8 Å². The van der Waals surface area contributed by atoms with E-state index in [1.807, 2.05) is 23.1 Å². The first-order valence-corrected chi connectivity index (χ1v) is 20.2. The molecular weight excluding hydrogens is 774 g/mol. The number of nitrogens with two attached hydrogens (primary N) is 1. The Labute approximate surface area is 338 Å². The van der Waals surface area contributed by atoms with Gasteiger partial charge in [-0.05, 0) is 87.8 Å². The van der Waals surface area contributed by atoms with Crippen molar-refractivity contribution < 1.29 is 28.3 Å². The van der Waals surface area contributed by atoms with Gasteiger partial charge in [0.1, 0.15) is 18.0 Å². The minimum atomic E-state index is -0.976. The number of nitrogens with zero attached hydrogens (tertiary/aromatic N) is 6. The van der Waals surface area contributed by atoms with Crippen molar-refractivity contribution in [1.29, 1.82) is 0 Å². The molecule has 2 aromatic carbocycles. The number of benzene rings is 2. The molecule has 0 radical (unpaired) electrons. The molecule has 2 aromatic heterocycles. The zero-order chi connectivity index (χ0) is 39.7. The number of halogens is 3. The maximum absolute atomic E-state index is 14.2. The highest BCUT2D eigenvalue weighted by molar-refractivity contribution is 6.36. The number of nitrogen functional groups attached to an aromatic ring is 1. The van der Waals surface area contributed by atoms with Gasteiger partial charge in [-0.3, -0.25) is 39.0 Å². The van der Waals surface area contributed by atoms with Gasteiger partial charge in [0.05, 0.1) is 28.4 Å². The highest BCUT2D eigenvalue weighted by atomic mass is 35.5. The standard InChI is InChI=1S/C41H41Cl2FN8O5/c1-21(36-31(42)8-9-32(44)37(36)43)57-34-12-23(15-46-38(34)45)24-16-47-50(18-24)25-4-2-22(3-5-25)17-49-19-27-13-28(20-49)51(27)26-6-7-29-30(14-26)41(56)52(40(29)55)33-10-11-35(53)48-39(33)54/h6-9,12,14-16,18,21-22,25,27-28,33H,2-5,10-11,13,17,19-20H2,1H3,(H2,45,46)(H,48,53,54)/t21-,22?,25?,27?,28?,33?/m1/s1. The molecule has 1 aliphatic carbocycles. The summed E-state index contributed by atoms with van der Waals surface area (Å²) < 4.78 is 22.3. The summed E-state index contributed by atoms with van der Waals surface area (Å²) in [6.07, 6.45) is 10.4. The monoisotopic (exact) mass is 814 g/mol. The van der Waals surface area contributed by atoms with Crippen LogP contribution in [-0.4, -0.2) is 86.0 Å². The Bertz CT molecular complexity index is 2300. The summed E-state index contributed by atoms with van der Waals surface area (Å²) in [5, 5.41) is 7.17. The molecule has 296 valence electrons. The van der Waals surface area contributed by atoms with Gasteiger partial charge < -0.3 is 15.4 Å². The third-order valence-electron chi connectivity index (χ3n) is 12.3. The quantitative estimate of drug-likeness (QED) is 0.147. The van der Waals surface area contributed by atoms with E-state index in [1.54, 1.807) is 31.3 Å². The number of anilines is 2. The number of nitrogens with one attached hydrogen (secondary N) is 1. The molecule has 4 aromatic rings. The van der Waals surface area contributed by atoms with Crippen LogP contribution < -0.4 is 20.7 Å². The number of carbonyl (C=O) groups excluding carboxylic acids is 4. The lowest BCUT2D eigenvalue weighted by Crippen LogP contribution is -2.69. The van der Waals surface area contributed by atoms with Crippen molar-refractivity contribution in [3.05, 3.63) is 87.5 Å². The van der Waals surface area contributed by atoms with Crippen LogP contribution in [-0.2, 0) is 9.59 Å². The molecule has 10 rings (SSSR count). The summed E-state index contributed by atoms with van der Waals surface area (Å²) in [5.41, 5.74) is 9.71. The number of ether oxygens (including phenoxy) is 1. The van der Waals surface area contributed by atoms with Crippen molar-refractivity contribution >= 4 is 58.3 Å². The van der Waals surface area contributed by atoms with E-state index in [9.17, 15) is 23.6 Å². The van der Waals surface area contributed by atoms with Gasteiger partial charge >= 0.3 is 0 Å². The summed E-state index contributed by atoms with van der Waals surface area (Å²) >= 11 is 12.5. The summed E-state index contributed by atoms with van der Waals surface area (Å²) in [4.78, 5) is 61.0. The molecular formula is C41H41Cl2FN8O5. The van der Waals surface area contributed by atoms with Crippen LogP contribution in [0.1, 0.15) is 90.3 Å². The second-order valence-corrected chi connectivity index (χ2v) is 16.6. The Balaban J connectivity index is 0.783. The third kappa shape index (κ3) is 6.80. The number of piperidine rings is 2. The average molecular weight is 816 g/mol. The number of carbonyl (C=O) groups is 4. The highest BCUT2D eigenvalue weighted by Gasteiger charge is 2.48. The molecule has 3 unspecified atom stereocenters. The summed E-state index contributed by atoms with van der Waals surface area (Å²) in [6, 6.07) is 9.83. The lowest BCUT2D eigenvalue weighted by Gasteiger charge is -2.58. The maximum atomic E-state index is 14.2. The van der Waals surface area contributed by atoms with Crippen molar-refractivity contribution in [2.45, 2.75) is 82.1 Å². The number of piperazine rings is 1. The summed E-state index contributed by atoms with van der Waals surface area (Å²) in [6.45, 7) is 4.64. The van der Waals surface area contributed by atoms with Crippen molar-refractivity contribution in [1.82, 2.24) is 29.9 Å². The zero-order valence-corrected chi connectivity index (χ0v) is 32.7. The number of aromatic nitrogens is 3. The largest absolute Gasteiger partial charge is 0.482 e. The van der Waals surface area contributed by atoms with Gasteiger partial charge in [0, 0.05) is 77.9 Å². The molecule has 3 N–H and O–H groups in total. The maximum Gasteiger partial charge on any atom is 0.262 e. The molecule has 2 bridgehead atoms. The van der Waals surface area contributed by atoms with Crippen molar-refractivity contribution in [2.75, 3.05) is 30.3 Å². The Morgan fingerprint density at radius 2 is 1.68 bits per heavy atom. The van der Waals surface area contributed by atoms with E-state index in [4.69, 9.17) is 38.8 Å². The summed E-state index contributed by atoms with van der Waals surface area (Å²) in [7, 11) is 0. The van der Waals surface area contributed by atoms with E-state index >= 15 is 0 Å². The molecule has 16 heteroatoms. The minimum absolute atomic E-state index is 0.0900. The molecule has 4 amide bonds. The number of hydrogen-bond acceptors (Lipinski definition) is 10. The highest BCUT2D eigenvalue weighted by Crippen LogP contribution is 2.42. The van der Waals surface area contributed by atoms with Crippen LogP contribution in [0, 0.1) is 11.7 Å². The fraction of sp³-hybridized carbons (Fsp3) is 0.415. The van der Waals surface area contributed by atoms with Gasteiger partial charge in [0.25, 0.3) is 11.8 Å². The van der Waals surface area contributed by atoms with E-state index in [-0.39, 0.29) is 29.7 Å². The smallest absolute Gasteiger partial charge is 0.262 e. The zero-order valence-electron chi connectivity index (χ0n) is 31.2. The van der Waals surface area contributed by atoms with Crippen LogP contribution >= 0.6 is 23.2 Å². The van der Waals surface area contributed by atoms with Crippen LogP contribution in [0.2, 0.25) is 10.0 Å². The minimum Gasteiger partial charge on any atom is -0.482 e. The van der Waals surface area contributed by atoms with E-state index in [2.05, 4.69) is 20.1 Å². The Morgan fingerprint density at radius 3 is 2.44 bits per heavy atom. The first kappa shape index (κ1) is 37.5. The third-order valence-corrected chi connectivity index (χ3v) is 13.0. The van der Waals surface area contributed by atoms with Crippen molar-refractivity contribution in [3.63, 3.8) is 0 Å². The molecule has 57 heavy (non-hydrogen) atoms. The fourth-order valence-corrected chi connectivity index (χ4v) is 10.1. The lowest BCUT2D eigenvalue weighted by molar-refractivity contribution is -0.136. The second-order valence-electron chi connectivity index (χ2n) is 15.9. The lowest BCUT2D eigenvalue weighted by atomic mass is 9.83. The summed E-state index contributed by atoms with van der Waals surface area (Å²) in [5.74, 6) is -1.43. The molecule has 4 saturated heterocycles. The van der Waals surface area contributed by atoms with Crippen LogP contribution in [0.5, 0.6) is 5.75 Å². The first-order valence-electron chi connectivity index (χ1n) is 19.4. The number of amides is 4. The molecule has 7 heterocycles. The van der Waals surface area contributed by atoms with Gasteiger partial charge in [-0.15, -0.1) is 0 Å². The van der Waals surface area contributed by atoms with Crippen LogP contribution in [0.25, 0.3) is 11.1 Å². The topological polar surface area (TPSA) is 156 Å². The van der Waals surface area contributed by atoms with E-state index < -0.39 is 41.6 Å². The number of imide groups is 2. The van der Waals surface area contributed by atoms with Crippen molar-refractivity contribution in [2.24, 2.45) is 5.92 Å². The van der Waals surface area contributed by atoms with Gasteiger partial charge in [-0.2, -0.15) is 5.10 Å². The molecule has 4 atom stereocenters. The fourth-order valence-electron chi connectivity index (χ4n) is 9.40. The van der Waals surface area contributed by atoms with Gasteiger partial charge in [-0.1, -0.05) is 23.2 Å². The number of hydrogen-bond donors (Lipinski definition) is 2. The van der Waals surface area contributed by atoms with Crippen LogP contribution in [0.3, 0.4) is 0 Å². The Kier molecular flexibility index (Phi) is 9.69. The van der Waals surface area contributed by atoms with Gasteiger partial charge in [-0.25, -0.2) is 9.37 Å². The van der Waals surface area contributed by atoms with E-state index in [0.717, 1.165) is 73.5 Å². The molecule has 6 aliphatic rings. The number of fused-ring (bicyclic) bond motifs is 3. The normalized spacial score (nSPS) is 25.3. The van der Waals surface area contributed by atoms with E-state index in [0.29, 0.717) is 45.5 Å². The second kappa shape index (κ2) is 14.7. The Morgan fingerprint density at radius 1 is 0.930 bits per heavy atom. The molecule has 13 nitrogen and oxygen atoms in total. The predicted molar refractivity (Wildman–Crippen MR) is 211 cm³/mol. The predicted octanol–water partition coefficient (Wildman–Crippen LogP) is 6.21. The molecule has 5 fully saturated rings. The van der Waals surface area contributed by atoms with Crippen LogP contribution in [0.4, 0.5) is 15.9 Å². The Hall–Kier alpha value is -5.05.